The molecule has 0 saturated carbocycles. The smallest absolute Gasteiger partial charge is 0.264 e. The summed E-state index contributed by atoms with van der Waals surface area (Å²) in [6.07, 6.45) is 4.30. The molecule has 0 spiro atoms. The van der Waals surface area contributed by atoms with Crippen molar-refractivity contribution >= 4 is 29.0 Å². The van der Waals surface area contributed by atoms with E-state index in [-0.39, 0.29) is 17.9 Å². The van der Waals surface area contributed by atoms with Gasteiger partial charge in [-0.3, -0.25) is 9.59 Å². The highest BCUT2D eigenvalue weighted by molar-refractivity contribution is 7.12. The molecule has 1 unspecified atom stereocenters. The Labute approximate surface area is 174 Å². The fourth-order valence-corrected chi connectivity index (χ4v) is 4.74. The number of piperidine rings is 1. The second kappa shape index (κ2) is 8.62. The largest absolute Gasteiger partial charge is 0.352 e. The molecule has 2 saturated heterocycles. The molecule has 4 rings (SSSR count). The minimum Gasteiger partial charge on any atom is -0.352 e. The highest BCUT2D eigenvalue weighted by Crippen LogP contribution is 2.24. The van der Waals surface area contributed by atoms with Crippen molar-refractivity contribution in [1.29, 1.82) is 5.26 Å². The van der Waals surface area contributed by atoms with Crippen LogP contribution in [0.5, 0.6) is 0 Å². The molecule has 2 aliphatic rings. The van der Waals surface area contributed by atoms with Crippen molar-refractivity contribution in [2.75, 3.05) is 37.6 Å². The van der Waals surface area contributed by atoms with Crippen molar-refractivity contribution in [3.05, 3.63) is 46.3 Å². The number of thiophene rings is 1. The van der Waals surface area contributed by atoms with Gasteiger partial charge in [0.05, 0.1) is 10.4 Å². The number of rotatable bonds is 3. The van der Waals surface area contributed by atoms with Gasteiger partial charge in [-0.1, -0.05) is 6.07 Å². The van der Waals surface area contributed by atoms with Crippen molar-refractivity contribution in [3.63, 3.8) is 0 Å². The molecule has 0 aromatic carbocycles. The predicted molar refractivity (Wildman–Crippen MR) is 111 cm³/mol. The van der Waals surface area contributed by atoms with Crippen LogP contribution in [0.25, 0.3) is 0 Å². The van der Waals surface area contributed by atoms with Crippen molar-refractivity contribution in [3.8, 4) is 6.07 Å². The van der Waals surface area contributed by atoms with Crippen LogP contribution in [0.15, 0.2) is 35.8 Å². The van der Waals surface area contributed by atoms with E-state index in [0.29, 0.717) is 49.0 Å². The fourth-order valence-electron chi connectivity index (χ4n) is 4.06. The number of likely N-dealkylation sites (tertiary alicyclic amines) is 1. The van der Waals surface area contributed by atoms with E-state index in [1.54, 1.807) is 23.2 Å². The Morgan fingerprint density at radius 2 is 1.93 bits per heavy atom. The molecule has 2 fully saturated rings. The third kappa shape index (κ3) is 3.96. The molecule has 8 heteroatoms. The van der Waals surface area contributed by atoms with Crippen molar-refractivity contribution in [2.24, 2.45) is 0 Å². The molecule has 29 heavy (non-hydrogen) atoms. The normalized spacial score (nSPS) is 19.7. The zero-order valence-electron chi connectivity index (χ0n) is 16.2. The van der Waals surface area contributed by atoms with Crippen molar-refractivity contribution in [1.82, 2.24) is 14.8 Å². The van der Waals surface area contributed by atoms with Gasteiger partial charge < -0.3 is 14.7 Å². The number of hydrogen-bond acceptors (Lipinski definition) is 6. The van der Waals surface area contributed by atoms with Gasteiger partial charge in [-0.05, 0) is 42.8 Å². The Kier molecular flexibility index (Phi) is 5.76. The number of anilines is 1. The maximum Gasteiger partial charge on any atom is 0.264 e. The van der Waals surface area contributed by atoms with E-state index in [9.17, 15) is 14.9 Å². The van der Waals surface area contributed by atoms with E-state index in [1.807, 2.05) is 22.4 Å². The van der Waals surface area contributed by atoms with Crippen LogP contribution in [0.2, 0.25) is 0 Å². The first-order valence-electron chi connectivity index (χ1n) is 9.92. The zero-order chi connectivity index (χ0) is 20.2. The maximum absolute atomic E-state index is 13.3. The average Bonchev–Trinajstić information content (AvgIpc) is 3.33. The van der Waals surface area contributed by atoms with Gasteiger partial charge in [0.2, 0.25) is 5.91 Å². The first-order chi connectivity index (χ1) is 14.2. The molecule has 2 aromatic rings. The number of piperazine rings is 1. The number of aromatic nitrogens is 1. The second-order valence-corrected chi connectivity index (χ2v) is 8.23. The van der Waals surface area contributed by atoms with Gasteiger partial charge in [0.1, 0.15) is 17.9 Å². The fraction of sp³-hybridized carbons (Fsp3) is 0.429. The first-order valence-corrected chi connectivity index (χ1v) is 10.8. The van der Waals surface area contributed by atoms with Gasteiger partial charge in [0.25, 0.3) is 5.91 Å². The average molecular weight is 410 g/mol. The highest BCUT2D eigenvalue weighted by Gasteiger charge is 2.36. The summed E-state index contributed by atoms with van der Waals surface area (Å²) in [6, 6.07) is 9.00. The van der Waals surface area contributed by atoms with Gasteiger partial charge in [0, 0.05) is 38.9 Å². The van der Waals surface area contributed by atoms with E-state index in [0.717, 1.165) is 19.3 Å². The van der Waals surface area contributed by atoms with Crippen LogP contribution in [0.3, 0.4) is 0 Å². The molecule has 7 nitrogen and oxygen atoms in total. The van der Waals surface area contributed by atoms with Gasteiger partial charge in [-0.2, -0.15) is 5.26 Å². The lowest BCUT2D eigenvalue weighted by Gasteiger charge is -2.41. The van der Waals surface area contributed by atoms with E-state index in [4.69, 9.17) is 0 Å². The van der Waals surface area contributed by atoms with Crippen LogP contribution in [0.4, 0.5) is 5.82 Å². The summed E-state index contributed by atoms with van der Waals surface area (Å²) in [5.74, 6) is 0.675. The minimum atomic E-state index is -0.380. The summed E-state index contributed by atoms with van der Waals surface area (Å²) < 4.78 is 0. The third-order valence-corrected chi connectivity index (χ3v) is 6.44. The summed E-state index contributed by atoms with van der Waals surface area (Å²) in [4.78, 5) is 36.8. The lowest BCUT2D eigenvalue weighted by atomic mass is 10.00. The Bertz CT molecular complexity index is 915. The second-order valence-electron chi connectivity index (χ2n) is 7.29. The first kappa shape index (κ1) is 19.4. The SMILES string of the molecule is N#Cc1cccnc1N1CCN(C(=O)C2CCCCN2C(=O)c2cccs2)CC1. The zero-order valence-corrected chi connectivity index (χ0v) is 17.0. The lowest BCUT2D eigenvalue weighted by Crippen LogP contribution is -2.57. The summed E-state index contributed by atoms with van der Waals surface area (Å²) in [6.45, 7) is 3.02. The number of nitrogens with zero attached hydrogens (tertiary/aromatic N) is 5. The number of amides is 2. The Balaban J connectivity index is 1.43. The van der Waals surface area contributed by atoms with Crippen LogP contribution in [0.1, 0.15) is 34.5 Å². The number of carbonyl (C=O) groups is 2. The molecule has 0 N–H and O–H groups in total. The summed E-state index contributed by atoms with van der Waals surface area (Å²) in [7, 11) is 0. The molecule has 2 aromatic heterocycles. The monoisotopic (exact) mass is 409 g/mol. The molecule has 2 aliphatic heterocycles. The van der Waals surface area contributed by atoms with Crippen molar-refractivity contribution < 1.29 is 9.59 Å². The van der Waals surface area contributed by atoms with Crippen molar-refractivity contribution in [2.45, 2.75) is 25.3 Å². The van der Waals surface area contributed by atoms with Gasteiger partial charge >= 0.3 is 0 Å². The Morgan fingerprint density at radius 3 is 2.66 bits per heavy atom. The molecule has 150 valence electrons. The molecule has 0 radical (unpaired) electrons. The topological polar surface area (TPSA) is 80.5 Å². The molecule has 0 bridgehead atoms. The van der Waals surface area contributed by atoms with Gasteiger partial charge in [-0.15, -0.1) is 11.3 Å². The molecule has 2 amide bonds. The molecule has 0 aliphatic carbocycles. The van der Waals surface area contributed by atoms with Crippen LogP contribution >= 0.6 is 11.3 Å². The van der Waals surface area contributed by atoms with Crippen LogP contribution in [0, 0.1) is 11.3 Å². The molecule has 1 atom stereocenters. The predicted octanol–water partition coefficient (Wildman–Crippen LogP) is 2.36. The number of pyridine rings is 1. The number of hydrogen-bond donors (Lipinski definition) is 0. The molecule has 4 heterocycles. The van der Waals surface area contributed by atoms with Gasteiger partial charge in [0.15, 0.2) is 0 Å². The van der Waals surface area contributed by atoms with E-state index >= 15 is 0 Å². The summed E-state index contributed by atoms with van der Waals surface area (Å²) in [5.41, 5.74) is 0.548. The quantitative estimate of drug-likeness (QED) is 0.777. The molecular formula is C21H23N5O2S. The van der Waals surface area contributed by atoms with E-state index < -0.39 is 0 Å². The highest BCUT2D eigenvalue weighted by atomic mass is 32.1. The number of nitriles is 1. The van der Waals surface area contributed by atoms with Gasteiger partial charge in [-0.25, -0.2) is 4.98 Å². The Hall–Kier alpha value is -2.92. The van der Waals surface area contributed by atoms with E-state index in [2.05, 4.69) is 16.0 Å². The summed E-state index contributed by atoms with van der Waals surface area (Å²) >= 11 is 1.42. The minimum absolute atomic E-state index is 0.0378. The van der Waals surface area contributed by atoms with E-state index in [1.165, 1.54) is 11.3 Å². The van der Waals surface area contributed by atoms with Crippen LogP contribution in [-0.4, -0.2) is 65.4 Å². The lowest BCUT2D eigenvalue weighted by molar-refractivity contribution is -0.137. The standard InChI is InChI=1S/C21H23N5O2S/c22-15-16-5-3-8-23-19(16)24-10-12-25(13-11-24)20(27)17-6-1-2-9-26(17)21(28)18-7-4-14-29-18/h3-5,7-8,14,17H,1-2,6,9-13H2. The Morgan fingerprint density at radius 1 is 1.10 bits per heavy atom. The summed E-state index contributed by atoms with van der Waals surface area (Å²) in [5, 5.41) is 11.2. The van der Waals surface area contributed by atoms with Crippen LogP contribution < -0.4 is 4.90 Å². The third-order valence-electron chi connectivity index (χ3n) is 5.58. The van der Waals surface area contributed by atoms with Crippen LogP contribution in [-0.2, 0) is 4.79 Å². The molecular weight excluding hydrogens is 386 g/mol. The number of carbonyl (C=O) groups excluding carboxylic acids is 2. The maximum atomic E-state index is 13.3.